The molecule has 0 aliphatic rings. The van der Waals surface area contributed by atoms with Crippen LogP contribution in [-0.4, -0.2) is 13.7 Å². The molecule has 3 nitrogen and oxygen atoms in total. The maximum atomic E-state index is 10.5. The van der Waals surface area contributed by atoms with E-state index in [1.807, 2.05) is 18.2 Å². The van der Waals surface area contributed by atoms with Gasteiger partial charge in [-0.2, -0.15) is 0 Å². The first-order valence-corrected chi connectivity index (χ1v) is 5.11. The molecule has 0 aliphatic heterocycles. The third kappa shape index (κ3) is 1.26. The summed E-state index contributed by atoms with van der Waals surface area (Å²) < 4.78 is 22.1. The minimum Gasteiger partial charge on any atom is -0.767 e. The summed E-state index contributed by atoms with van der Waals surface area (Å²) in [6.07, 6.45) is 0. The normalized spacial score (nSPS) is 13.4. The molecular weight excluding hydrogens is 194 g/mol. The van der Waals surface area contributed by atoms with E-state index < -0.39 is 11.1 Å². The van der Waals surface area contributed by atoms with Crippen LogP contribution < -0.4 is 0 Å². The van der Waals surface area contributed by atoms with Gasteiger partial charge in [-0.1, -0.05) is 12.1 Å². The number of nitrogens with zero attached hydrogens (tertiary/aromatic N) is 1. The molecule has 0 saturated carbocycles. The Bertz CT molecular complexity index is 405. The molecule has 0 bridgehead atoms. The van der Waals surface area contributed by atoms with E-state index in [0.717, 1.165) is 10.2 Å². The minimum absolute atomic E-state index is 0.149. The van der Waals surface area contributed by atoms with Crippen LogP contribution in [0.25, 0.3) is 10.2 Å². The first kappa shape index (κ1) is 7.85. The molecule has 0 saturated heterocycles. The molecule has 0 fully saturated rings. The molecule has 0 aliphatic carbocycles. The van der Waals surface area contributed by atoms with Crippen molar-refractivity contribution in [2.75, 3.05) is 0 Å². The topological polar surface area (TPSA) is 53.0 Å². The predicted octanol–water partition coefficient (Wildman–Crippen LogP) is 1.53. The molecule has 0 N–H and O–H groups in total. The number of hydrogen-bond donors (Lipinski definition) is 0. The number of rotatable bonds is 1. The van der Waals surface area contributed by atoms with Gasteiger partial charge in [0.2, 0.25) is 0 Å². The molecule has 1 aromatic carbocycles. The zero-order valence-electron chi connectivity index (χ0n) is 5.89. The summed E-state index contributed by atoms with van der Waals surface area (Å²) in [6, 6.07) is 7.34. The average molecular weight is 198 g/mol. The summed E-state index contributed by atoms with van der Waals surface area (Å²) in [4.78, 5) is 3.92. The molecule has 2 rings (SSSR count). The van der Waals surface area contributed by atoms with Crippen LogP contribution in [0.3, 0.4) is 0 Å². The first-order valence-electron chi connectivity index (χ1n) is 3.22. The molecule has 0 amide bonds. The SMILES string of the molecule is O=S([O-])c1nc2ccccc2s1. The van der Waals surface area contributed by atoms with Crippen LogP contribution in [0.15, 0.2) is 28.6 Å². The Balaban J connectivity index is 2.70. The molecule has 1 heterocycles. The van der Waals surface area contributed by atoms with E-state index in [1.165, 1.54) is 11.3 Å². The van der Waals surface area contributed by atoms with E-state index in [0.29, 0.717) is 0 Å². The molecule has 1 aromatic heterocycles. The second-order valence-electron chi connectivity index (χ2n) is 2.18. The Hall–Kier alpha value is -0.780. The van der Waals surface area contributed by atoms with Crippen molar-refractivity contribution >= 4 is 32.6 Å². The highest BCUT2D eigenvalue weighted by molar-refractivity contribution is 7.81. The first-order chi connectivity index (χ1) is 5.77. The zero-order valence-corrected chi connectivity index (χ0v) is 7.52. The number of fused-ring (bicyclic) bond motifs is 1. The van der Waals surface area contributed by atoms with Crippen LogP contribution in [-0.2, 0) is 11.1 Å². The summed E-state index contributed by atoms with van der Waals surface area (Å²) >= 11 is -1.02. The van der Waals surface area contributed by atoms with Gasteiger partial charge in [0.25, 0.3) is 0 Å². The standard InChI is InChI=1S/C7H5NO2S2/c9-12(10)7-8-5-3-1-2-4-6(5)11-7/h1-4H,(H,9,10)/p-1. The summed E-state index contributed by atoms with van der Waals surface area (Å²) in [6.45, 7) is 0. The van der Waals surface area contributed by atoms with Crippen molar-refractivity contribution in [3.8, 4) is 0 Å². The lowest BCUT2D eigenvalue weighted by Gasteiger charge is -1.95. The predicted molar refractivity (Wildman–Crippen MR) is 46.8 cm³/mol. The van der Waals surface area contributed by atoms with E-state index in [9.17, 15) is 8.76 Å². The quantitative estimate of drug-likeness (QED) is 0.653. The Kier molecular flexibility index (Phi) is 1.92. The van der Waals surface area contributed by atoms with Gasteiger partial charge >= 0.3 is 0 Å². The van der Waals surface area contributed by atoms with Gasteiger partial charge in [-0.25, -0.2) is 4.98 Å². The van der Waals surface area contributed by atoms with Gasteiger partial charge < -0.3 is 4.55 Å². The number of benzene rings is 1. The van der Waals surface area contributed by atoms with Crippen LogP contribution in [0.4, 0.5) is 0 Å². The average Bonchev–Trinajstić information content (AvgIpc) is 2.46. The second-order valence-corrected chi connectivity index (χ2v) is 4.33. The summed E-state index contributed by atoms with van der Waals surface area (Å²) in [5.74, 6) is 0. The Morgan fingerprint density at radius 2 is 2.17 bits per heavy atom. The fourth-order valence-corrected chi connectivity index (χ4v) is 2.33. The Morgan fingerprint density at radius 1 is 1.42 bits per heavy atom. The van der Waals surface area contributed by atoms with Gasteiger partial charge in [0, 0.05) is 11.1 Å². The van der Waals surface area contributed by atoms with E-state index in [-0.39, 0.29) is 4.34 Å². The third-order valence-electron chi connectivity index (χ3n) is 1.42. The molecule has 12 heavy (non-hydrogen) atoms. The Morgan fingerprint density at radius 3 is 2.83 bits per heavy atom. The van der Waals surface area contributed by atoms with Crippen LogP contribution in [0.2, 0.25) is 0 Å². The van der Waals surface area contributed by atoms with Crippen molar-refractivity contribution < 1.29 is 8.76 Å². The molecular formula is C7H4NO2S2-. The van der Waals surface area contributed by atoms with E-state index in [1.54, 1.807) is 6.07 Å². The van der Waals surface area contributed by atoms with Crippen LogP contribution in [0.5, 0.6) is 0 Å². The van der Waals surface area contributed by atoms with Gasteiger partial charge in [-0.05, 0) is 12.1 Å². The van der Waals surface area contributed by atoms with E-state index in [4.69, 9.17) is 0 Å². The lowest BCUT2D eigenvalue weighted by Crippen LogP contribution is -1.84. The third-order valence-corrected chi connectivity index (χ3v) is 3.28. The number of para-hydroxylation sites is 1. The molecule has 62 valence electrons. The fraction of sp³-hybridized carbons (Fsp3) is 0. The second kappa shape index (κ2) is 2.93. The highest BCUT2D eigenvalue weighted by atomic mass is 32.2. The highest BCUT2D eigenvalue weighted by Crippen LogP contribution is 2.22. The van der Waals surface area contributed by atoms with Crippen molar-refractivity contribution in [3.05, 3.63) is 24.3 Å². The largest absolute Gasteiger partial charge is 0.767 e. The molecule has 2 aromatic rings. The lowest BCUT2D eigenvalue weighted by molar-refractivity contribution is 0.536. The molecule has 1 unspecified atom stereocenters. The summed E-state index contributed by atoms with van der Waals surface area (Å²) in [5.41, 5.74) is 0.738. The van der Waals surface area contributed by atoms with Gasteiger partial charge in [0.1, 0.15) is 0 Å². The van der Waals surface area contributed by atoms with Crippen molar-refractivity contribution in [1.82, 2.24) is 4.98 Å². The lowest BCUT2D eigenvalue weighted by atomic mass is 10.3. The summed E-state index contributed by atoms with van der Waals surface area (Å²) in [7, 11) is 0. The van der Waals surface area contributed by atoms with Crippen molar-refractivity contribution in [1.29, 1.82) is 0 Å². The number of hydrogen-bond acceptors (Lipinski definition) is 4. The Labute approximate surface area is 75.4 Å². The smallest absolute Gasteiger partial charge is 0.168 e. The van der Waals surface area contributed by atoms with Crippen molar-refractivity contribution in [2.24, 2.45) is 0 Å². The van der Waals surface area contributed by atoms with Gasteiger partial charge in [-0.3, -0.25) is 4.21 Å². The maximum absolute atomic E-state index is 10.5. The summed E-state index contributed by atoms with van der Waals surface area (Å²) in [5, 5.41) is 0. The monoisotopic (exact) mass is 198 g/mol. The van der Waals surface area contributed by atoms with Crippen molar-refractivity contribution in [3.63, 3.8) is 0 Å². The maximum Gasteiger partial charge on any atom is 0.168 e. The van der Waals surface area contributed by atoms with Gasteiger partial charge in [-0.15, -0.1) is 11.3 Å². The van der Waals surface area contributed by atoms with Gasteiger partial charge in [0.15, 0.2) is 4.34 Å². The highest BCUT2D eigenvalue weighted by Gasteiger charge is 2.01. The number of thiazole rings is 1. The number of aromatic nitrogens is 1. The van der Waals surface area contributed by atoms with Crippen molar-refractivity contribution in [2.45, 2.75) is 4.34 Å². The van der Waals surface area contributed by atoms with E-state index >= 15 is 0 Å². The molecule has 5 heteroatoms. The fourth-order valence-electron chi connectivity index (χ4n) is 0.922. The van der Waals surface area contributed by atoms with Crippen LogP contribution in [0.1, 0.15) is 0 Å². The molecule has 0 radical (unpaired) electrons. The van der Waals surface area contributed by atoms with Crippen LogP contribution >= 0.6 is 11.3 Å². The van der Waals surface area contributed by atoms with Gasteiger partial charge in [0.05, 0.1) is 10.2 Å². The zero-order chi connectivity index (χ0) is 8.55. The van der Waals surface area contributed by atoms with Crippen LogP contribution in [0, 0.1) is 0 Å². The molecule has 0 spiro atoms. The minimum atomic E-state index is -2.20. The van der Waals surface area contributed by atoms with E-state index in [2.05, 4.69) is 4.98 Å². The molecule has 1 atom stereocenters.